The normalized spacial score (nSPS) is 10.5. The van der Waals surface area contributed by atoms with Gasteiger partial charge < -0.3 is 5.73 Å². The number of carbonyl (C=O) groups excluding carboxylic acids is 1. The van der Waals surface area contributed by atoms with Gasteiger partial charge in [-0.05, 0) is 25.1 Å². The molecule has 13 heavy (non-hydrogen) atoms. The van der Waals surface area contributed by atoms with E-state index in [2.05, 4.69) is 5.10 Å². The van der Waals surface area contributed by atoms with Crippen LogP contribution in [0, 0.1) is 6.92 Å². The van der Waals surface area contributed by atoms with Crippen LogP contribution in [0.5, 0.6) is 0 Å². The third kappa shape index (κ3) is 1.16. The Bertz CT molecular complexity index is 473. The maximum atomic E-state index is 10.9. The number of amides is 1. The molecule has 0 aliphatic carbocycles. The molecule has 0 spiro atoms. The standard InChI is InChI=1S/C9H9N3O/c1-6-2-3-8-7(9(10)13)4-5-12(8)11-6/h2-5H,1H3,(H2,10,13). The lowest BCUT2D eigenvalue weighted by molar-refractivity contribution is 0.100. The van der Waals surface area contributed by atoms with Gasteiger partial charge in [-0.3, -0.25) is 4.79 Å². The number of aryl methyl sites for hydroxylation is 1. The van der Waals surface area contributed by atoms with E-state index in [1.165, 1.54) is 0 Å². The van der Waals surface area contributed by atoms with E-state index in [0.29, 0.717) is 5.56 Å². The summed E-state index contributed by atoms with van der Waals surface area (Å²) in [6.07, 6.45) is 1.72. The van der Waals surface area contributed by atoms with Crippen LogP contribution >= 0.6 is 0 Å². The fourth-order valence-corrected chi connectivity index (χ4v) is 1.30. The Morgan fingerprint density at radius 2 is 2.23 bits per heavy atom. The molecule has 66 valence electrons. The third-order valence-electron chi connectivity index (χ3n) is 1.92. The smallest absolute Gasteiger partial charge is 0.250 e. The Morgan fingerprint density at radius 3 is 2.92 bits per heavy atom. The molecule has 0 saturated carbocycles. The van der Waals surface area contributed by atoms with Gasteiger partial charge in [0.25, 0.3) is 5.91 Å². The second-order valence-electron chi connectivity index (χ2n) is 2.90. The van der Waals surface area contributed by atoms with E-state index in [9.17, 15) is 4.79 Å². The topological polar surface area (TPSA) is 60.4 Å². The van der Waals surface area contributed by atoms with Crippen molar-refractivity contribution >= 4 is 11.4 Å². The van der Waals surface area contributed by atoms with Crippen LogP contribution in [0.15, 0.2) is 24.4 Å². The van der Waals surface area contributed by atoms with Gasteiger partial charge in [-0.2, -0.15) is 5.10 Å². The highest BCUT2D eigenvalue weighted by molar-refractivity contribution is 5.99. The number of nitrogens with zero attached hydrogens (tertiary/aromatic N) is 2. The maximum absolute atomic E-state index is 10.9. The summed E-state index contributed by atoms with van der Waals surface area (Å²) in [4.78, 5) is 10.9. The number of hydrogen-bond donors (Lipinski definition) is 1. The van der Waals surface area contributed by atoms with Crippen molar-refractivity contribution in [2.24, 2.45) is 5.73 Å². The van der Waals surface area contributed by atoms with Gasteiger partial charge in [-0.1, -0.05) is 0 Å². The predicted octanol–water partition coefficient (Wildman–Crippen LogP) is 0.742. The number of hydrogen-bond acceptors (Lipinski definition) is 2. The zero-order chi connectivity index (χ0) is 9.42. The number of aromatic nitrogens is 2. The predicted molar refractivity (Wildman–Crippen MR) is 48.4 cm³/mol. The van der Waals surface area contributed by atoms with Crippen LogP contribution in [-0.4, -0.2) is 15.5 Å². The Labute approximate surface area is 75.0 Å². The summed E-state index contributed by atoms with van der Waals surface area (Å²) in [5, 5.41) is 4.19. The summed E-state index contributed by atoms with van der Waals surface area (Å²) in [5.74, 6) is -0.423. The lowest BCUT2D eigenvalue weighted by Crippen LogP contribution is -2.10. The molecule has 0 saturated heterocycles. The van der Waals surface area contributed by atoms with Crippen LogP contribution in [0.1, 0.15) is 16.1 Å². The number of primary amides is 1. The molecule has 0 bridgehead atoms. The maximum Gasteiger partial charge on any atom is 0.250 e. The number of nitrogens with two attached hydrogens (primary N) is 1. The van der Waals surface area contributed by atoms with Crippen LogP contribution < -0.4 is 5.73 Å². The quantitative estimate of drug-likeness (QED) is 0.694. The van der Waals surface area contributed by atoms with Gasteiger partial charge in [-0.25, -0.2) is 4.52 Å². The van der Waals surface area contributed by atoms with Crippen LogP contribution in [0.2, 0.25) is 0 Å². The van der Waals surface area contributed by atoms with Crippen molar-refractivity contribution in [1.82, 2.24) is 9.61 Å². The summed E-state index contributed by atoms with van der Waals surface area (Å²) < 4.78 is 1.65. The molecule has 0 aliphatic heterocycles. The highest BCUT2D eigenvalue weighted by Gasteiger charge is 2.07. The fourth-order valence-electron chi connectivity index (χ4n) is 1.30. The first-order valence-corrected chi connectivity index (χ1v) is 3.93. The Morgan fingerprint density at radius 1 is 1.46 bits per heavy atom. The molecule has 2 aromatic heterocycles. The minimum atomic E-state index is -0.423. The first kappa shape index (κ1) is 7.79. The molecular weight excluding hydrogens is 166 g/mol. The molecule has 0 radical (unpaired) electrons. The summed E-state index contributed by atoms with van der Waals surface area (Å²) in [7, 11) is 0. The molecule has 4 nitrogen and oxygen atoms in total. The van der Waals surface area contributed by atoms with Crippen molar-refractivity contribution in [2.45, 2.75) is 6.92 Å². The molecule has 2 heterocycles. The zero-order valence-corrected chi connectivity index (χ0v) is 7.19. The molecule has 4 heteroatoms. The molecular formula is C9H9N3O. The minimum absolute atomic E-state index is 0.423. The SMILES string of the molecule is Cc1ccc2c(C(N)=O)ccn2n1. The Balaban J connectivity index is 2.76. The van der Waals surface area contributed by atoms with E-state index in [4.69, 9.17) is 5.73 Å². The first-order valence-electron chi connectivity index (χ1n) is 3.93. The monoisotopic (exact) mass is 175 g/mol. The van der Waals surface area contributed by atoms with Crippen molar-refractivity contribution in [1.29, 1.82) is 0 Å². The van der Waals surface area contributed by atoms with Crippen LogP contribution in [0.25, 0.3) is 5.52 Å². The molecule has 0 aliphatic rings. The summed E-state index contributed by atoms with van der Waals surface area (Å²) in [5.41, 5.74) is 7.34. The van der Waals surface area contributed by atoms with E-state index in [0.717, 1.165) is 11.2 Å². The van der Waals surface area contributed by atoms with Crippen molar-refractivity contribution in [3.05, 3.63) is 35.7 Å². The van der Waals surface area contributed by atoms with Crippen molar-refractivity contribution in [2.75, 3.05) is 0 Å². The zero-order valence-electron chi connectivity index (χ0n) is 7.19. The number of carbonyl (C=O) groups is 1. The third-order valence-corrected chi connectivity index (χ3v) is 1.92. The molecule has 1 amide bonds. The van der Waals surface area contributed by atoms with Crippen molar-refractivity contribution in [3.8, 4) is 0 Å². The number of fused-ring (bicyclic) bond motifs is 1. The summed E-state index contributed by atoms with van der Waals surface area (Å²) in [6.45, 7) is 1.89. The van der Waals surface area contributed by atoms with Crippen molar-refractivity contribution in [3.63, 3.8) is 0 Å². The molecule has 0 fully saturated rings. The largest absolute Gasteiger partial charge is 0.366 e. The van der Waals surface area contributed by atoms with E-state index < -0.39 is 5.91 Å². The fraction of sp³-hybridized carbons (Fsp3) is 0.111. The molecule has 2 aromatic rings. The van der Waals surface area contributed by atoms with Crippen LogP contribution in [0.4, 0.5) is 0 Å². The van der Waals surface area contributed by atoms with E-state index in [1.807, 2.05) is 19.1 Å². The average molecular weight is 175 g/mol. The average Bonchev–Trinajstić information content (AvgIpc) is 2.46. The first-order chi connectivity index (χ1) is 6.18. The molecule has 0 atom stereocenters. The highest BCUT2D eigenvalue weighted by atomic mass is 16.1. The lowest BCUT2D eigenvalue weighted by Gasteiger charge is -1.96. The second kappa shape index (κ2) is 2.58. The Kier molecular flexibility index (Phi) is 1.55. The summed E-state index contributed by atoms with van der Waals surface area (Å²) >= 11 is 0. The van der Waals surface area contributed by atoms with E-state index in [-0.39, 0.29) is 0 Å². The molecule has 0 unspecified atom stereocenters. The van der Waals surface area contributed by atoms with E-state index in [1.54, 1.807) is 16.8 Å². The highest BCUT2D eigenvalue weighted by Crippen LogP contribution is 2.10. The van der Waals surface area contributed by atoms with E-state index >= 15 is 0 Å². The molecule has 2 N–H and O–H groups in total. The van der Waals surface area contributed by atoms with Gasteiger partial charge in [-0.15, -0.1) is 0 Å². The lowest BCUT2D eigenvalue weighted by atomic mass is 10.2. The Hall–Kier alpha value is -1.84. The van der Waals surface area contributed by atoms with Crippen LogP contribution in [0.3, 0.4) is 0 Å². The second-order valence-corrected chi connectivity index (χ2v) is 2.90. The van der Waals surface area contributed by atoms with Crippen molar-refractivity contribution < 1.29 is 4.79 Å². The molecule has 2 rings (SSSR count). The van der Waals surface area contributed by atoms with Gasteiger partial charge >= 0.3 is 0 Å². The van der Waals surface area contributed by atoms with Gasteiger partial charge in [0.1, 0.15) is 0 Å². The summed E-state index contributed by atoms with van der Waals surface area (Å²) in [6, 6.07) is 5.36. The molecule has 0 aromatic carbocycles. The van der Waals surface area contributed by atoms with Crippen LogP contribution in [-0.2, 0) is 0 Å². The minimum Gasteiger partial charge on any atom is -0.366 e. The van der Waals surface area contributed by atoms with Gasteiger partial charge in [0.15, 0.2) is 0 Å². The number of rotatable bonds is 1. The van der Waals surface area contributed by atoms with Gasteiger partial charge in [0.05, 0.1) is 16.8 Å². The van der Waals surface area contributed by atoms with Gasteiger partial charge in [0, 0.05) is 6.20 Å². The van der Waals surface area contributed by atoms with Gasteiger partial charge in [0.2, 0.25) is 0 Å².